The molecule has 9 heteroatoms. The standard InChI is InChI=1S/C25H26N2O6S/c1-4-15-32-21-10-8-20(9-11-21)25(28)33-23-14-7-19(16-24(23)31-3)17-26-27-34(29,30)22-12-5-18(2)6-13-22/h5-14,16-17,27H,4,15H2,1-3H3/b26-17+. The van der Waals surface area contributed by atoms with E-state index in [0.29, 0.717) is 29.2 Å². The van der Waals surface area contributed by atoms with Gasteiger partial charge >= 0.3 is 5.97 Å². The number of methoxy groups -OCH3 is 1. The lowest BCUT2D eigenvalue weighted by atomic mass is 10.2. The average molecular weight is 483 g/mol. The molecule has 0 aliphatic rings. The number of aryl methyl sites for hydroxylation is 1. The second kappa shape index (κ2) is 11.3. The predicted molar refractivity (Wildman–Crippen MR) is 129 cm³/mol. The van der Waals surface area contributed by atoms with Crippen LogP contribution in [0.1, 0.15) is 34.8 Å². The van der Waals surface area contributed by atoms with E-state index >= 15 is 0 Å². The van der Waals surface area contributed by atoms with Crippen LogP contribution in [0.3, 0.4) is 0 Å². The molecule has 0 atom stereocenters. The smallest absolute Gasteiger partial charge is 0.343 e. The third-order valence-corrected chi connectivity index (χ3v) is 5.91. The summed E-state index contributed by atoms with van der Waals surface area (Å²) in [6, 6.07) is 17.8. The molecular formula is C25H26N2O6S. The van der Waals surface area contributed by atoms with E-state index in [4.69, 9.17) is 14.2 Å². The minimum absolute atomic E-state index is 0.111. The summed E-state index contributed by atoms with van der Waals surface area (Å²) in [6.45, 7) is 4.49. The Morgan fingerprint density at radius 3 is 2.35 bits per heavy atom. The largest absolute Gasteiger partial charge is 0.494 e. The van der Waals surface area contributed by atoms with Gasteiger partial charge in [0.1, 0.15) is 5.75 Å². The Balaban J connectivity index is 1.66. The number of carbonyl (C=O) groups excluding carboxylic acids is 1. The fourth-order valence-corrected chi connectivity index (χ4v) is 3.65. The summed E-state index contributed by atoms with van der Waals surface area (Å²) in [5.41, 5.74) is 1.86. The molecule has 34 heavy (non-hydrogen) atoms. The topological polar surface area (TPSA) is 103 Å². The van der Waals surface area contributed by atoms with E-state index in [1.54, 1.807) is 54.6 Å². The Morgan fingerprint density at radius 2 is 1.71 bits per heavy atom. The minimum Gasteiger partial charge on any atom is -0.494 e. The molecule has 3 rings (SSSR count). The maximum absolute atomic E-state index is 12.5. The summed E-state index contributed by atoms with van der Waals surface area (Å²) < 4.78 is 40.9. The molecule has 178 valence electrons. The number of carbonyl (C=O) groups is 1. The van der Waals surface area contributed by atoms with Crippen LogP contribution in [-0.4, -0.2) is 34.3 Å². The van der Waals surface area contributed by atoms with Crippen LogP contribution >= 0.6 is 0 Å². The fraction of sp³-hybridized carbons (Fsp3) is 0.200. The second-order valence-electron chi connectivity index (χ2n) is 7.34. The van der Waals surface area contributed by atoms with Crippen molar-refractivity contribution in [3.8, 4) is 17.2 Å². The molecule has 0 heterocycles. The van der Waals surface area contributed by atoms with Crippen LogP contribution < -0.4 is 19.0 Å². The Bertz CT molecular complexity index is 1250. The number of hydrogen-bond donors (Lipinski definition) is 1. The Hall–Kier alpha value is -3.85. The van der Waals surface area contributed by atoms with E-state index in [9.17, 15) is 13.2 Å². The Labute approximate surface area is 199 Å². The van der Waals surface area contributed by atoms with Gasteiger partial charge in [-0.05, 0) is 73.5 Å². The van der Waals surface area contributed by atoms with Gasteiger partial charge in [0.25, 0.3) is 10.0 Å². The summed E-state index contributed by atoms with van der Waals surface area (Å²) in [4.78, 5) is 14.8. The SMILES string of the molecule is CCCOc1ccc(C(=O)Oc2ccc(/C=N/NS(=O)(=O)c3ccc(C)cc3)cc2OC)cc1. The van der Waals surface area contributed by atoms with Crippen LogP contribution in [0.15, 0.2) is 76.7 Å². The summed E-state index contributed by atoms with van der Waals surface area (Å²) >= 11 is 0. The first-order valence-corrected chi connectivity index (χ1v) is 12.1. The van der Waals surface area contributed by atoms with Gasteiger partial charge in [0.05, 0.1) is 30.4 Å². The highest BCUT2D eigenvalue weighted by Crippen LogP contribution is 2.28. The highest BCUT2D eigenvalue weighted by atomic mass is 32.2. The number of hydrazone groups is 1. The summed E-state index contributed by atoms with van der Waals surface area (Å²) in [7, 11) is -2.35. The van der Waals surface area contributed by atoms with Crippen LogP contribution in [0.25, 0.3) is 0 Å². The maximum Gasteiger partial charge on any atom is 0.343 e. The number of rotatable bonds is 10. The van der Waals surface area contributed by atoms with Gasteiger partial charge in [-0.25, -0.2) is 9.63 Å². The Morgan fingerprint density at radius 1 is 1.00 bits per heavy atom. The number of hydrogen-bond acceptors (Lipinski definition) is 7. The number of sulfonamides is 1. The molecule has 3 aromatic carbocycles. The fourth-order valence-electron chi connectivity index (χ4n) is 2.86. The van der Waals surface area contributed by atoms with Crippen molar-refractivity contribution in [1.82, 2.24) is 4.83 Å². The lowest BCUT2D eigenvalue weighted by Crippen LogP contribution is -2.18. The first-order chi connectivity index (χ1) is 16.3. The molecule has 0 saturated carbocycles. The number of ether oxygens (including phenoxy) is 3. The van der Waals surface area contributed by atoms with E-state index in [0.717, 1.165) is 12.0 Å². The van der Waals surface area contributed by atoms with Gasteiger partial charge in [0, 0.05) is 0 Å². The molecule has 0 aliphatic heterocycles. The summed E-state index contributed by atoms with van der Waals surface area (Å²) in [5, 5.41) is 3.82. The van der Waals surface area contributed by atoms with Crippen molar-refractivity contribution in [2.45, 2.75) is 25.2 Å². The molecule has 0 aromatic heterocycles. The number of benzene rings is 3. The van der Waals surface area contributed by atoms with Gasteiger partial charge in [0.2, 0.25) is 0 Å². The van der Waals surface area contributed by atoms with Crippen LogP contribution in [0.5, 0.6) is 17.2 Å². The van der Waals surface area contributed by atoms with Crippen molar-refractivity contribution in [1.29, 1.82) is 0 Å². The normalized spacial score (nSPS) is 11.3. The van der Waals surface area contributed by atoms with Crippen LogP contribution in [-0.2, 0) is 10.0 Å². The number of nitrogens with zero attached hydrogens (tertiary/aromatic N) is 1. The first kappa shape index (κ1) is 24.8. The highest BCUT2D eigenvalue weighted by molar-refractivity contribution is 7.89. The number of nitrogens with one attached hydrogen (secondary N) is 1. The van der Waals surface area contributed by atoms with Crippen molar-refractivity contribution in [2.24, 2.45) is 5.10 Å². The van der Waals surface area contributed by atoms with E-state index in [-0.39, 0.29) is 10.6 Å². The van der Waals surface area contributed by atoms with Crippen LogP contribution in [0, 0.1) is 6.92 Å². The van der Waals surface area contributed by atoms with Gasteiger partial charge in [0.15, 0.2) is 11.5 Å². The lowest BCUT2D eigenvalue weighted by Gasteiger charge is -2.10. The molecule has 0 saturated heterocycles. The van der Waals surface area contributed by atoms with Crippen molar-refractivity contribution in [3.05, 3.63) is 83.4 Å². The van der Waals surface area contributed by atoms with Crippen LogP contribution in [0.2, 0.25) is 0 Å². The molecule has 0 spiro atoms. The molecule has 3 aromatic rings. The monoisotopic (exact) mass is 482 g/mol. The quantitative estimate of drug-likeness (QED) is 0.200. The molecule has 0 fully saturated rings. The summed E-state index contributed by atoms with van der Waals surface area (Å²) in [6.07, 6.45) is 2.22. The van der Waals surface area contributed by atoms with E-state index in [1.165, 1.54) is 25.5 Å². The van der Waals surface area contributed by atoms with E-state index < -0.39 is 16.0 Å². The van der Waals surface area contributed by atoms with Crippen LogP contribution in [0.4, 0.5) is 0 Å². The molecule has 0 unspecified atom stereocenters. The van der Waals surface area contributed by atoms with Crippen molar-refractivity contribution in [2.75, 3.05) is 13.7 Å². The minimum atomic E-state index is -3.78. The third kappa shape index (κ3) is 6.58. The summed E-state index contributed by atoms with van der Waals surface area (Å²) in [5.74, 6) is 0.642. The molecular weight excluding hydrogens is 456 g/mol. The Kier molecular flexibility index (Phi) is 8.26. The van der Waals surface area contributed by atoms with Gasteiger partial charge < -0.3 is 14.2 Å². The molecule has 0 bridgehead atoms. The number of esters is 1. The molecule has 0 radical (unpaired) electrons. The zero-order chi connectivity index (χ0) is 24.6. The van der Waals surface area contributed by atoms with Crippen molar-refractivity contribution < 1.29 is 27.4 Å². The van der Waals surface area contributed by atoms with Gasteiger partial charge in [-0.2, -0.15) is 13.5 Å². The van der Waals surface area contributed by atoms with E-state index in [2.05, 4.69) is 9.93 Å². The van der Waals surface area contributed by atoms with Gasteiger partial charge in [-0.15, -0.1) is 0 Å². The third-order valence-electron chi connectivity index (χ3n) is 4.67. The molecule has 8 nitrogen and oxygen atoms in total. The van der Waals surface area contributed by atoms with Gasteiger partial charge in [-0.3, -0.25) is 0 Å². The highest BCUT2D eigenvalue weighted by Gasteiger charge is 2.14. The van der Waals surface area contributed by atoms with E-state index in [1.807, 2.05) is 13.8 Å². The zero-order valence-corrected chi connectivity index (χ0v) is 20.0. The maximum atomic E-state index is 12.5. The molecule has 1 N–H and O–H groups in total. The van der Waals surface area contributed by atoms with Crippen molar-refractivity contribution in [3.63, 3.8) is 0 Å². The molecule has 0 amide bonds. The van der Waals surface area contributed by atoms with Gasteiger partial charge in [-0.1, -0.05) is 24.6 Å². The molecule has 0 aliphatic carbocycles. The second-order valence-corrected chi connectivity index (χ2v) is 9.00. The van der Waals surface area contributed by atoms with Crippen molar-refractivity contribution >= 4 is 22.2 Å². The average Bonchev–Trinajstić information content (AvgIpc) is 2.84. The lowest BCUT2D eigenvalue weighted by molar-refractivity contribution is 0.0729. The zero-order valence-electron chi connectivity index (χ0n) is 19.1. The predicted octanol–water partition coefficient (Wildman–Crippen LogP) is 4.32. The first-order valence-electron chi connectivity index (χ1n) is 10.6.